The highest BCUT2D eigenvalue weighted by Gasteiger charge is 2.34. The van der Waals surface area contributed by atoms with E-state index in [4.69, 9.17) is 19.6 Å². The molecule has 1 aromatic carbocycles. The minimum absolute atomic E-state index is 0.0505. The number of aliphatic hydroxyl groups excluding tert-OH is 2. The Morgan fingerprint density at radius 2 is 2.17 bits per heavy atom. The maximum Gasteiger partial charge on any atom is 0.263 e. The zero-order chi connectivity index (χ0) is 24.6. The maximum atomic E-state index is 12.6. The van der Waals surface area contributed by atoms with Crippen LogP contribution in [0.25, 0.3) is 0 Å². The van der Waals surface area contributed by atoms with E-state index in [1.165, 1.54) is 11.3 Å². The third kappa shape index (κ3) is 5.02. The van der Waals surface area contributed by atoms with E-state index < -0.39 is 6.10 Å². The summed E-state index contributed by atoms with van der Waals surface area (Å²) >= 11 is 1.40. The number of carbonyl (C=O) groups is 1. The molecule has 1 unspecified atom stereocenters. The molecule has 0 radical (unpaired) electrons. The average molecular weight is 498 g/mol. The molecule has 1 amide bonds. The number of benzene rings is 1. The Morgan fingerprint density at radius 3 is 3.00 bits per heavy atom. The van der Waals surface area contributed by atoms with E-state index in [1.807, 2.05) is 32.0 Å². The van der Waals surface area contributed by atoms with Crippen molar-refractivity contribution in [3.8, 4) is 11.6 Å². The highest BCUT2D eigenvalue weighted by atomic mass is 32.1. The Morgan fingerprint density at radius 1 is 1.31 bits per heavy atom. The van der Waals surface area contributed by atoms with Crippen LogP contribution in [0.2, 0.25) is 0 Å². The second-order valence-corrected chi connectivity index (χ2v) is 10.1. The van der Waals surface area contributed by atoms with Gasteiger partial charge in [-0.1, -0.05) is 17.4 Å². The fraction of sp³-hybridized carbons (Fsp3) is 0.375. The molecule has 0 spiro atoms. The van der Waals surface area contributed by atoms with Gasteiger partial charge in [-0.15, -0.1) is 0 Å². The van der Waals surface area contributed by atoms with Crippen LogP contribution < -0.4 is 25.0 Å². The van der Waals surface area contributed by atoms with Gasteiger partial charge in [0.25, 0.3) is 5.91 Å². The van der Waals surface area contributed by atoms with Crippen LogP contribution >= 0.6 is 11.3 Å². The molecular weight excluding hydrogens is 470 g/mol. The summed E-state index contributed by atoms with van der Waals surface area (Å²) in [5, 5.41) is 25.5. The summed E-state index contributed by atoms with van der Waals surface area (Å²) in [4.78, 5) is 24.6. The molecule has 4 N–H and O–H groups in total. The molecule has 0 fully saturated rings. The molecule has 0 aliphatic carbocycles. The minimum Gasteiger partial charge on any atom is -0.490 e. The Bertz CT molecular complexity index is 1250. The van der Waals surface area contributed by atoms with Gasteiger partial charge in [0, 0.05) is 23.7 Å². The molecule has 2 aromatic heterocycles. The first-order valence-electron chi connectivity index (χ1n) is 11.3. The molecule has 3 aromatic rings. The van der Waals surface area contributed by atoms with Gasteiger partial charge in [0.1, 0.15) is 35.8 Å². The fourth-order valence-corrected chi connectivity index (χ4v) is 5.04. The van der Waals surface area contributed by atoms with Gasteiger partial charge < -0.3 is 35.2 Å². The first-order chi connectivity index (χ1) is 16.8. The molecule has 0 saturated carbocycles. The van der Waals surface area contributed by atoms with Gasteiger partial charge >= 0.3 is 0 Å². The number of nitrogens with one attached hydrogen (secondary N) is 2. The lowest BCUT2D eigenvalue weighted by molar-refractivity contribution is 0.0521. The van der Waals surface area contributed by atoms with Crippen LogP contribution in [0.15, 0.2) is 36.4 Å². The van der Waals surface area contributed by atoms with E-state index in [0.29, 0.717) is 36.1 Å². The molecule has 184 valence electrons. The van der Waals surface area contributed by atoms with Crippen LogP contribution in [-0.2, 0) is 6.42 Å². The topological polar surface area (TPSA) is 129 Å². The highest BCUT2D eigenvalue weighted by molar-refractivity contribution is 7.17. The third-order valence-electron chi connectivity index (χ3n) is 5.64. The van der Waals surface area contributed by atoms with E-state index >= 15 is 0 Å². The van der Waals surface area contributed by atoms with Crippen molar-refractivity contribution in [3.63, 3.8) is 0 Å². The van der Waals surface area contributed by atoms with Crippen molar-refractivity contribution in [2.24, 2.45) is 0 Å². The third-order valence-corrected chi connectivity index (χ3v) is 6.76. The summed E-state index contributed by atoms with van der Waals surface area (Å²) in [6, 6.07) is 11.0. The van der Waals surface area contributed by atoms with Gasteiger partial charge in [0.2, 0.25) is 5.88 Å². The van der Waals surface area contributed by atoms with Crippen LogP contribution in [0.4, 0.5) is 22.3 Å². The molecular formula is C24H27N5O5S. The monoisotopic (exact) mass is 497 g/mol. The van der Waals surface area contributed by atoms with Gasteiger partial charge in [0.15, 0.2) is 5.13 Å². The van der Waals surface area contributed by atoms with Crippen LogP contribution in [0.1, 0.15) is 29.2 Å². The molecule has 0 bridgehead atoms. The number of carbonyl (C=O) groups excluding carboxylic acids is 1. The summed E-state index contributed by atoms with van der Waals surface area (Å²) in [5.74, 6) is 1.55. The number of amides is 1. The number of aliphatic hydroxyl groups is 2. The van der Waals surface area contributed by atoms with Crippen LogP contribution in [0, 0.1) is 0 Å². The Hall–Kier alpha value is -3.41. The average Bonchev–Trinajstić information content (AvgIpc) is 3.25. The number of hydrogen-bond acceptors (Lipinski definition) is 10. The first-order valence-corrected chi connectivity index (χ1v) is 12.2. The van der Waals surface area contributed by atoms with Crippen LogP contribution in [0.3, 0.4) is 0 Å². The molecule has 35 heavy (non-hydrogen) atoms. The van der Waals surface area contributed by atoms with E-state index in [1.54, 1.807) is 18.2 Å². The number of aromatic nitrogens is 2. The van der Waals surface area contributed by atoms with Crippen molar-refractivity contribution >= 4 is 39.6 Å². The second-order valence-electron chi connectivity index (χ2n) is 9.10. The van der Waals surface area contributed by atoms with E-state index in [-0.39, 0.29) is 24.7 Å². The number of hydrogen-bond donors (Lipinski definition) is 4. The van der Waals surface area contributed by atoms with E-state index in [2.05, 4.69) is 20.5 Å². The van der Waals surface area contributed by atoms with Crippen molar-refractivity contribution in [1.29, 1.82) is 0 Å². The van der Waals surface area contributed by atoms with Crippen molar-refractivity contribution in [1.82, 2.24) is 15.3 Å². The summed E-state index contributed by atoms with van der Waals surface area (Å²) in [6.07, 6.45) is -0.281. The number of thiazole rings is 1. The lowest BCUT2D eigenvalue weighted by atomic mass is 9.94. The van der Waals surface area contributed by atoms with Gasteiger partial charge in [-0.3, -0.25) is 4.79 Å². The molecule has 4 heterocycles. The molecule has 2 aliphatic rings. The highest BCUT2D eigenvalue weighted by Crippen LogP contribution is 2.42. The zero-order valence-corrected chi connectivity index (χ0v) is 20.3. The van der Waals surface area contributed by atoms with Gasteiger partial charge in [0.05, 0.1) is 24.5 Å². The number of fused-ring (bicyclic) bond motifs is 2. The number of rotatable bonds is 7. The predicted molar refractivity (Wildman–Crippen MR) is 132 cm³/mol. The summed E-state index contributed by atoms with van der Waals surface area (Å²) in [6.45, 7) is 4.70. The van der Waals surface area contributed by atoms with Gasteiger partial charge in [-0.2, -0.15) is 4.98 Å². The fourth-order valence-electron chi connectivity index (χ4n) is 4.02. The second kappa shape index (κ2) is 9.33. The maximum absolute atomic E-state index is 12.6. The van der Waals surface area contributed by atoms with Crippen molar-refractivity contribution in [2.75, 3.05) is 36.6 Å². The largest absolute Gasteiger partial charge is 0.490 e. The molecule has 0 saturated heterocycles. The van der Waals surface area contributed by atoms with E-state index in [9.17, 15) is 9.90 Å². The van der Waals surface area contributed by atoms with Crippen molar-refractivity contribution < 1.29 is 24.5 Å². The minimum atomic E-state index is -0.964. The normalized spacial score (nSPS) is 17.0. The number of pyridine rings is 1. The number of anilines is 4. The van der Waals surface area contributed by atoms with Crippen LogP contribution in [0.5, 0.6) is 11.6 Å². The molecule has 11 heteroatoms. The standard InChI is InChI=1S/C24H27N5O5S/c1-24(2)11-16-21(22(32)28-24)35-23(26-16)29-8-9-33-18-7-6-14(10-17(18)29)25-19-4-3-5-20(27-19)34-13-15(31)12-30/h3-7,10,15,30-31H,8-9,11-13H2,1-2H3,(H,25,27)(H,28,32). The quantitative estimate of drug-likeness (QED) is 0.389. The Balaban J connectivity index is 1.38. The number of nitrogens with zero attached hydrogens (tertiary/aromatic N) is 3. The molecule has 2 aliphatic heterocycles. The van der Waals surface area contributed by atoms with Crippen LogP contribution in [-0.4, -0.2) is 64.1 Å². The smallest absolute Gasteiger partial charge is 0.263 e. The Kier molecular flexibility index (Phi) is 6.22. The lowest BCUT2D eigenvalue weighted by Gasteiger charge is -2.30. The molecule has 5 rings (SSSR count). The summed E-state index contributed by atoms with van der Waals surface area (Å²) in [5.41, 5.74) is 2.15. The lowest BCUT2D eigenvalue weighted by Crippen LogP contribution is -2.48. The van der Waals surface area contributed by atoms with E-state index in [0.717, 1.165) is 27.9 Å². The molecule has 1 atom stereocenters. The van der Waals surface area contributed by atoms with Gasteiger partial charge in [-0.25, -0.2) is 4.98 Å². The Labute approximate surface area is 206 Å². The summed E-state index contributed by atoms with van der Waals surface area (Å²) < 4.78 is 11.3. The molecule has 10 nitrogen and oxygen atoms in total. The van der Waals surface area contributed by atoms with Crippen molar-refractivity contribution in [2.45, 2.75) is 31.9 Å². The number of ether oxygens (including phenoxy) is 2. The van der Waals surface area contributed by atoms with Gasteiger partial charge in [-0.05, 0) is 38.1 Å². The SMILES string of the molecule is CC1(C)Cc2nc(N3CCOc4ccc(Nc5cccc(OCC(O)CO)n5)cc43)sc2C(=O)N1. The first kappa shape index (κ1) is 23.3. The van der Waals surface area contributed by atoms with Crippen molar-refractivity contribution in [3.05, 3.63) is 47.0 Å². The predicted octanol–water partition coefficient (Wildman–Crippen LogP) is 2.61. The summed E-state index contributed by atoms with van der Waals surface area (Å²) in [7, 11) is 0. The zero-order valence-electron chi connectivity index (χ0n) is 19.4.